The number of nitro groups is 1. The van der Waals surface area contributed by atoms with Gasteiger partial charge in [0.2, 0.25) is 5.91 Å². The van der Waals surface area contributed by atoms with E-state index < -0.39 is 4.92 Å². The number of nitrogens with two attached hydrogens (primary N) is 1. The maximum absolute atomic E-state index is 12.3. The molecule has 0 radical (unpaired) electrons. The van der Waals surface area contributed by atoms with Gasteiger partial charge in [0.15, 0.2) is 0 Å². The van der Waals surface area contributed by atoms with Crippen molar-refractivity contribution in [3.63, 3.8) is 0 Å². The van der Waals surface area contributed by atoms with Crippen LogP contribution < -0.4 is 5.73 Å². The van der Waals surface area contributed by atoms with Gasteiger partial charge in [-0.3, -0.25) is 14.9 Å². The van der Waals surface area contributed by atoms with E-state index >= 15 is 0 Å². The lowest BCUT2D eigenvalue weighted by atomic mass is 9.97. The molecule has 116 valence electrons. The standard InChI is InChI=1S/C14H19N3O3.ClH/c15-9-11-4-3-7-16(10-11)14(18)8-12-5-1-2-6-13(12)17(19)20;/h1-2,5-6,11H,3-4,7-10,15H2;1H. The molecule has 0 aliphatic carbocycles. The van der Waals surface area contributed by atoms with Gasteiger partial charge in [-0.2, -0.15) is 0 Å². The summed E-state index contributed by atoms with van der Waals surface area (Å²) >= 11 is 0. The van der Waals surface area contributed by atoms with Crippen LogP contribution in [-0.2, 0) is 11.2 Å². The number of para-hydroxylation sites is 1. The Morgan fingerprint density at radius 1 is 1.43 bits per heavy atom. The average molecular weight is 314 g/mol. The highest BCUT2D eigenvalue weighted by Crippen LogP contribution is 2.21. The molecule has 2 rings (SSSR count). The molecule has 0 aromatic heterocycles. The first-order valence-corrected chi connectivity index (χ1v) is 6.82. The van der Waals surface area contributed by atoms with Crippen molar-refractivity contribution in [2.24, 2.45) is 11.7 Å². The normalized spacial score (nSPS) is 18.0. The molecule has 1 fully saturated rings. The van der Waals surface area contributed by atoms with E-state index in [-0.39, 0.29) is 30.4 Å². The molecule has 0 bridgehead atoms. The number of carbonyl (C=O) groups is 1. The summed E-state index contributed by atoms with van der Waals surface area (Å²) in [5, 5.41) is 10.9. The van der Waals surface area contributed by atoms with Crippen molar-refractivity contribution in [1.82, 2.24) is 4.90 Å². The van der Waals surface area contributed by atoms with Crippen LogP contribution in [0, 0.1) is 16.0 Å². The van der Waals surface area contributed by atoms with Crippen LogP contribution in [0.1, 0.15) is 18.4 Å². The van der Waals surface area contributed by atoms with Gasteiger partial charge in [-0.15, -0.1) is 12.4 Å². The van der Waals surface area contributed by atoms with Gasteiger partial charge in [-0.1, -0.05) is 18.2 Å². The van der Waals surface area contributed by atoms with Crippen molar-refractivity contribution < 1.29 is 9.72 Å². The van der Waals surface area contributed by atoms with Gasteiger partial charge in [-0.05, 0) is 25.3 Å². The van der Waals surface area contributed by atoms with E-state index in [2.05, 4.69) is 0 Å². The molecule has 21 heavy (non-hydrogen) atoms. The van der Waals surface area contributed by atoms with E-state index in [4.69, 9.17) is 5.73 Å². The number of hydrogen-bond acceptors (Lipinski definition) is 4. The summed E-state index contributed by atoms with van der Waals surface area (Å²) in [6.07, 6.45) is 2.07. The minimum absolute atomic E-state index is 0. The molecule has 1 aromatic carbocycles. The minimum atomic E-state index is -0.443. The van der Waals surface area contributed by atoms with Crippen molar-refractivity contribution in [1.29, 1.82) is 0 Å². The van der Waals surface area contributed by atoms with Crippen molar-refractivity contribution in [2.45, 2.75) is 19.3 Å². The highest BCUT2D eigenvalue weighted by molar-refractivity contribution is 5.85. The summed E-state index contributed by atoms with van der Waals surface area (Å²) in [4.78, 5) is 24.5. The second-order valence-electron chi connectivity index (χ2n) is 5.15. The third-order valence-electron chi connectivity index (χ3n) is 3.74. The Labute approximate surface area is 129 Å². The van der Waals surface area contributed by atoms with Crippen LogP contribution in [0.2, 0.25) is 0 Å². The summed E-state index contributed by atoms with van der Waals surface area (Å²) in [5.41, 5.74) is 6.13. The van der Waals surface area contributed by atoms with E-state index in [9.17, 15) is 14.9 Å². The van der Waals surface area contributed by atoms with Crippen LogP contribution in [0.15, 0.2) is 24.3 Å². The number of rotatable bonds is 4. The van der Waals surface area contributed by atoms with Crippen molar-refractivity contribution in [3.8, 4) is 0 Å². The van der Waals surface area contributed by atoms with Crippen LogP contribution in [0.25, 0.3) is 0 Å². The lowest BCUT2D eigenvalue weighted by molar-refractivity contribution is -0.385. The van der Waals surface area contributed by atoms with Crippen molar-refractivity contribution >= 4 is 24.0 Å². The Bertz CT molecular complexity index is 510. The van der Waals surface area contributed by atoms with Crippen LogP contribution >= 0.6 is 12.4 Å². The fourth-order valence-electron chi connectivity index (χ4n) is 2.60. The number of halogens is 1. The highest BCUT2D eigenvalue weighted by atomic mass is 35.5. The fourth-order valence-corrected chi connectivity index (χ4v) is 2.60. The van der Waals surface area contributed by atoms with Gasteiger partial charge in [-0.25, -0.2) is 0 Å². The number of piperidine rings is 1. The summed E-state index contributed by atoms with van der Waals surface area (Å²) < 4.78 is 0. The number of nitrogens with zero attached hydrogens (tertiary/aromatic N) is 2. The Hall–Kier alpha value is -1.66. The maximum atomic E-state index is 12.3. The second kappa shape index (κ2) is 7.95. The zero-order valence-corrected chi connectivity index (χ0v) is 12.6. The summed E-state index contributed by atoms with van der Waals surface area (Å²) in [7, 11) is 0. The van der Waals surface area contributed by atoms with Gasteiger partial charge >= 0.3 is 0 Å². The average Bonchev–Trinajstić information content (AvgIpc) is 2.47. The lowest BCUT2D eigenvalue weighted by Gasteiger charge is -2.32. The third-order valence-corrected chi connectivity index (χ3v) is 3.74. The zero-order chi connectivity index (χ0) is 14.5. The highest BCUT2D eigenvalue weighted by Gasteiger charge is 2.24. The van der Waals surface area contributed by atoms with E-state index in [0.717, 1.165) is 19.4 Å². The molecule has 0 spiro atoms. The first-order valence-electron chi connectivity index (χ1n) is 6.82. The van der Waals surface area contributed by atoms with E-state index in [0.29, 0.717) is 24.6 Å². The number of carbonyl (C=O) groups excluding carboxylic acids is 1. The van der Waals surface area contributed by atoms with E-state index in [1.807, 2.05) is 0 Å². The topological polar surface area (TPSA) is 89.5 Å². The Morgan fingerprint density at radius 2 is 2.14 bits per heavy atom. The molecule has 1 aliphatic heterocycles. The Kier molecular flexibility index (Phi) is 6.58. The predicted molar refractivity (Wildman–Crippen MR) is 82.4 cm³/mol. The van der Waals surface area contributed by atoms with Gasteiger partial charge in [0.05, 0.1) is 11.3 Å². The van der Waals surface area contributed by atoms with Gasteiger partial charge < -0.3 is 10.6 Å². The Balaban J connectivity index is 0.00000220. The molecule has 0 saturated carbocycles. The second-order valence-corrected chi connectivity index (χ2v) is 5.15. The third kappa shape index (κ3) is 4.41. The lowest BCUT2D eigenvalue weighted by Crippen LogP contribution is -2.42. The smallest absolute Gasteiger partial charge is 0.273 e. The monoisotopic (exact) mass is 313 g/mol. The predicted octanol–water partition coefficient (Wildman–Crippen LogP) is 1.76. The Morgan fingerprint density at radius 3 is 2.81 bits per heavy atom. The maximum Gasteiger partial charge on any atom is 0.273 e. The first kappa shape index (κ1) is 17.4. The van der Waals surface area contributed by atoms with Crippen molar-refractivity contribution in [3.05, 3.63) is 39.9 Å². The minimum Gasteiger partial charge on any atom is -0.342 e. The van der Waals surface area contributed by atoms with Crippen LogP contribution in [0.3, 0.4) is 0 Å². The molecule has 1 atom stereocenters. The molecule has 1 heterocycles. The number of nitro benzene ring substituents is 1. The van der Waals surface area contributed by atoms with Crippen LogP contribution in [0.5, 0.6) is 0 Å². The molecular formula is C14H20ClN3O3. The van der Waals surface area contributed by atoms with Gasteiger partial charge in [0.1, 0.15) is 0 Å². The van der Waals surface area contributed by atoms with Gasteiger partial charge in [0, 0.05) is 24.7 Å². The number of hydrogen-bond donors (Lipinski definition) is 1. The van der Waals surface area contributed by atoms with Crippen LogP contribution in [-0.4, -0.2) is 35.4 Å². The van der Waals surface area contributed by atoms with Crippen LogP contribution in [0.4, 0.5) is 5.69 Å². The number of benzene rings is 1. The molecule has 2 N–H and O–H groups in total. The molecule has 1 unspecified atom stereocenters. The molecule has 1 amide bonds. The fraction of sp³-hybridized carbons (Fsp3) is 0.500. The molecule has 1 aliphatic rings. The summed E-state index contributed by atoms with van der Waals surface area (Å²) in [6, 6.07) is 6.40. The SMILES string of the molecule is Cl.NCC1CCCN(C(=O)Cc2ccccc2[N+](=O)[O-])C1. The summed E-state index contributed by atoms with van der Waals surface area (Å²) in [5.74, 6) is 0.288. The first-order chi connectivity index (χ1) is 9.61. The molecular weight excluding hydrogens is 294 g/mol. The molecule has 7 heteroatoms. The number of amides is 1. The summed E-state index contributed by atoms with van der Waals surface area (Å²) in [6.45, 7) is 1.96. The molecule has 1 aromatic rings. The zero-order valence-electron chi connectivity index (χ0n) is 11.7. The van der Waals surface area contributed by atoms with E-state index in [1.54, 1.807) is 23.1 Å². The largest absolute Gasteiger partial charge is 0.342 e. The molecule has 1 saturated heterocycles. The van der Waals surface area contributed by atoms with E-state index in [1.165, 1.54) is 6.07 Å². The van der Waals surface area contributed by atoms with Gasteiger partial charge in [0.25, 0.3) is 5.69 Å². The number of likely N-dealkylation sites (tertiary alicyclic amines) is 1. The van der Waals surface area contributed by atoms with Crippen molar-refractivity contribution in [2.75, 3.05) is 19.6 Å². The molecule has 6 nitrogen and oxygen atoms in total. The quantitative estimate of drug-likeness (QED) is 0.677.